The zero-order chi connectivity index (χ0) is 13.5. The Kier molecular flexibility index (Phi) is 5.58. The van der Waals surface area contributed by atoms with Crippen molar-refractivity contribution in [3.05, 3.63) is 24.0 Å². The van der Waals surface area contributed by atoms with E-state index in [1.807, 2.05) is 21.0 Å². The number of pyridine rings is 1. The average molecular weight is 250 g/mol. The van der Waals surface area contributed by atoms with Gasteiger partial charge in [0.05, 0.1) is 5.56 Å². The second-order valence-electron chi connectivity index (χ2n) is 4.50. The SMILES string of the molecule is CCN(CCCN(C)C)C(=O)c1cnccc1N. The minimum Gasteiger partial charge on any atom is -0.398 e. The molecule has 0 aliphatic rings. The largest absolute Gasteiger partial charge is 0.398 e. The lowest BCUT2D eigenvalue weighted by Gasteiger charge is -2.22. The number of nitrogens with two attached hydrogens (primary N) is 1. The summed E-state index contributed by atoms with van der Waals surface area (Å²) < 4.78 is 0. The molecule has 0 saturated carbocycles. The molecule has 5 nitrogen and oxygen atoms in total. The standard InChI is InChI=1S/C13H22N4O/c1-4-17(9-5-8-16(2)3)13(18)11-10-15-7-6-12(11)14/h6-7,10H,4-5,8-9H2,1-3H3,(H2,14,15). The van der Waals surface area contributed by atoms with Crippen LogP contribution in [-0.2, 0) is 0 Å². The predicted octanol–water partition coefficient (Wildman–Crippen LogP) is 1.08. The average Bonchev–Trinajstić information content (AvgIpc) is 2.34. The molecule has 0 spiro atoms. The highest BCUT2D eigenvalue weighted by Crippen LogP contribution is 2.12. The van der Waals surface area contributed by atoms with Gasteiger partial charge in [-0.2, -0.15) is 0 Å². The topological polar surface area (TPSA) is 62.5 Å². The van der Waals surface area contributed by atoms with Crippen molar-refractivity contribution in [2.24, 2.45) is 0 Å². The summed E-state index contributed by atoms with van der Waals surface area (Å²) in [6, 6.07) is 1.65. The van der Waals surface area contributed by atoms with E-state index in [1.54, 1.807) is 17.2 Å². The normalized spacial score (nSPS) is 10.7. The molecule has 2 N–H and O–H groups in total. The van der Waals surface area contributed by atoms with Crippen LogP contribution in [0.15, 0.2) is 18.5 Å². The minimum absolute atomic E-state index is 0.0399. The fourth-order valence-corrected chi connectivity index (χ4v) is 1.74. The first-order chi connectivity index (χ1) is 8.56. The second kappa shape index (κ2) is 6.96. The highest BCUT2D eigenvalue weighted by atomic mass is 16.2. The molecule has 1 aromatic rings. The van der Waals surface area contributed by atoms with Crippen LogP contribution < -0.4 is 5.73 Å². The molecule has 5 heteroatoms. The summed E-state index contributed by atoms with van der Waals surface area (Å²) in [6.45, 7) is 4.36. The smallest absolute Gasteiger partial charge is 0.257 e. The number of nitrogen functional groups attached to an aromatic ring is 1. The van der Waals surface area contributed by atoms with E-state index in [0.717, 1.165) is 19.5 Å². The number of carbonyl (C=O) groups excluding carboxylic acids is 1. The predicted molar refractivity (Wildman–Crippen MR) is 73.4 cm³/mol. The van der Waals surface area contributed by atoms with Crippen LogP contribution in [0.25, 0.3) is 0 Å². The van der Waals surface area contributed by atoms with E-state index in [4.69, 9.17) is 5.73 Å². The van der Waals surface area contributed by atoms with Crippen molar-refractivity contribution in [2.75, 3.05) is 39.5 Å². The summed E-state index contributed by atoms with van der Waals surface area (Å²) >= 11 is 0. The van der Waals surface area contributed by atoms with E-state index in [0.29, 0.717) is 17.8 Å². The molecule has 0 aliphatic carbocycles. The highest BCUT2D eigenvalue weighted by molar-refractivity contribution is 5.98. The molecule has 0 fully saturated rings. The fraction of sp³-hybridized carbons (Fsp3) is 0.538. The van der Waals surface area contributed by atoms with E-state index < -0.39 is 0 Å². The van der Waals surface area contributed by atoms with Crippen LogP contribution in [0.5, 0.6) is 0 Å². The Hall–Kier alpha value is -1.62. The molecule has 0 atom stereocenters. The first-order valence-electron chi connectivity index (χ1n) is 6.19. The van der Waals surface area contributed by atoms with Crippen molar-refractivity contribution in [1.82, 2.24) is 14.8 Å². The van der Waals surface area contributed by atoms with Gasteiger partial charge in [-0.3, -0.25) is 9.78 Å². The molecule has 0 saturated heterocycles. The summed E-state index contributed by atoms with van der Waals surface area (Å²) in [5.41, 5.74) is 6.77. The molecule has 0 bridgehead atoms. The van der Waals surface area contributed by atoms with Gasteiger partial charge in [0.1, 0.15) is 0 Å². The molecule has 1 rings (SSSR count). The van der Waals surface area contributed by atoms with Crippen LogP contribution in [0, 0.1) is 0 Å². The van der Waals surface area contributed by atoms with Crippen LogP contribution in [0.3, 0.4) is 0 Å². The molecular weight excluding hydrogens is 228 g/mol. The van der Waals surface area contributed by atoms with Crippen LogP contribution >= 0.6 is 0 Å². The van der Waals surface area contributed by atoms with Crippen molar-refractivity contribution in [1.29, 1.82) is 0 Å². The Bertz CT molecular complexity index is 392. The zero-order valence-electron chi connectivity index (χ0n) is 11.4. The highest BCUT2D eigenvalue weighted by Gasteiger charge is 2.16. The summed E-state index contributed by atoms with van der Waals surface area (Å²) in [5, 5.41) is 0. The first-order valence-corrected chi connectivity index (χ1v) is 6.19. The third kappa shape index (κ3) is 4.00. The molecular formula is C13H22N4O. The molecule has 1 amide bonds. The summed E-state index contributed by atoms with van der Waals surface area (Å²) in [4.78, 5) is 20.1. The van der Waals surface area contributed by atoms with Crippen molar-refractivity contribution >= 4 is 11.6 Å². The number of amides is 1. The van der Waals surface area contributed by atoms with Gasteiger partial charge in [-0.25, -0.2) is 0 Å². The number of hydrogen-bond donors (Lipinski definition) is 1. The number of carbonyl (C=O) groups is 1. The van der Waals surface area contributed by atoms with Crippen molar-refractivity contribution in [3.8, 4) is 0 Å². The number of anilines is 1. The van der Waals surface area contributed by atoms with Crippen molar-refractivity contribution in [3.63, 3.8) is 0 Å². The Morgan fingerprint density at radius 3 is 2.67 bits per heavy atom. The Morgan fingerprint density at radius 1 is 1.39 bits per heavy atom. The lowest BCUT2D eigenvalue weighted by atomic mass is 10.2. The van der Waals surface area contributed by atoms with E-state index in [-0.39, 0.29) is 5.91 Å². The van der Waals surface area contributed by atoms with Gasteiger partial charge in [0.25, 0.3) is 5.91 Å². The van der Waals surface area contributed by atoms with Crippen LogP contribution in [0.1, 0.15) is 23.7 Å². The number of hydrogen-bond acceptors (Lipinski definition) is 4. The van der Waals surface area contributed by atoms with Gasteiger partial charge in [-0.1, -0.05) is 0 Å². The van der Waals surface area contributed by atoms with Gasteiger partial charge >= 0.3 is 0 Å². The maximum Gasteiger partial charge on any atom is 0.257 e. The van der Waals surface area contributed by atoms with Gasteiger partial charge in [-0.05, 0) is 40.1 Å². The van der Waals surface area contributed by atoms with E-state index in [2.05, 4.69) is 9.88 Å². The molecule has 18 heavy (non-hydrogen) atoms. The summed E-state index contributed by atoms with van der Waals surface area (Å²) in [5.74, 6) is -0.0399. The molecule has 0 radical (unpaired) electrons. The van der Waals surface area contributed by atoms with Crippen LogP contribution in [-0.4, -0.2) is 54.4 Å². The van der Waals surface area contributed by atoms with E-state index in [9.17, 15) is 4.79 Å². The minimum atomic E-state index is -0.0399. The number of nitrogens with zero attached hydrogens (tertiary/aromatic N) is 3. The Balaban J connectivity index is 2.65. The molecule has 0 unspecified atom stereocenters. The number of aromatic nitrogens is 1. The first kappa shape index (κ1) is 14.4. The Morgan fingerprint density at radius 2 is 2.11 bits per heavy atom. The third-order valence-corrected chi connectivity index (χ3v) is 2.79. The van der Waals surface area contributed by atoms with Crippen molar-refractivity contribution in [2.45, 2.75) is 13.3 Å². The maximum atomic E-state index is 12.3. The number of rotatable bonds is 6. The summed E-state index contributed by atoms with van der Waals surface area (Å²) in [7, 11) is 4.05. The van der Waals surface area contributed by atoms with Crippen molar-refractivity contribution < 1.29 is 4.79 Å². The quantitative estimate of drug-likeness (QED) is 0.820. The Labute approximate surface area is 109 Å². The van der Waals surface area contributed by atoms with Gasteiger partial charge in [0.15, 0.2) is 0 Å². The van der Waals surface area contributed by atoms with Gasteiger partial charge in [0.2, 0.25) is 0 Å². The summed E-state index contributed by atoms with van der Waals surface area (Å²) in [6.07, 6.45) is 4.08. The van der Waals surface area contributed by atoms with Gasteiger partial charge in [0, 0.05) is 31.2 Å². The van der Waals surface area contributed by atoms with Crippen LogP contribution in [0.4, 0.5) is 5.69 Å². The molecule has 100 valence electrons. The maximum absolute atomic E-state index is 12.3. The van der Waals surface area contributed by atoms with E-state index in [1.165, 1.54) is 6.20 Å². The molecule has 0 aliphatic heterocycles. The van der Waals surface area contributed by atoms with Gasteiger partial charge in [-0.15, -0.1) is 0 Å². The molecule has 1 heterocycles. The zero-order valence-corrected chi connectivity index (χ0v) is 11.4. The lowest BCUT2D eigenvalue weighted by Crippen LogP contribution is -2.33. The molecule has 1 aromatic heterocycles. The lowest BCUT2D eigenvalue weighted by molar-refractivity contribution is 0.0760. The molecule has 0 aromatic carbocycles. The van der Waals surface area contributed by atoms with Crippen LogP contribution in [0.2, 0.25) is 0 Å². The fourth-order valence-electron chi connectivity index (χ4n) is 1.74. The second-order valence-corrected chi connectivity index (χ2v) is 4.50. The monoisotopic (exact) mass is 250 g/mol. The van der Waals surface area contributed by atoms with Gasteiger partial charge < -0.3 is 15.5 Å². The third-order valence-electron chi connectivity index (χ3n) is 2.79. The van der Waals surface area contributed by atoms with E-state index >= 15 is 0 Å².